The van der Waals surface area contributed by atoms with Crippen LogP contribution in [0.4, 0.5) is 0 Å². The van der Waals surface area contributed by atoms with Crippen LogP contribution in [0.15, 0.2) is 0 Å². The van der Waals surface area contributed by atoms with E-state index in [1.165, 1.54) is 0 Å². The zero-order chi connectivity index (χ0) is 9.94. The molecule has 0 heterocycles. The first-order valence-electron chi connectivity index (χ1n) is 5.43. The fourth-order valence-corrected chi connectivity index (χ4v) is 0.969. The highest BCUT2D eigenvalue weighted by atomic mass is 16.7. The molecule has 0 spiro atoms. The Kier molecular flexibility index (Phi) is 9.94. The second-order valence-corrected chi connectivity index (χ2v) is 3.18. The second-order valence-electron chi connectivity index (χ2n) is 3.18. The van der Waals surface area contributed by atoms with E-state index in [4.69, 9.17) is 9.47 Å². The molecular weight excluding hydrogens is 164 g/mol. The number of ether oxygens (including phenoxy) is 2. The van der Waals surface area contributed by atoms with E-state index in [0.29, 0.717) is 0 Å². The van der Waals surface area contributed by atoms with Crippen LogP contribution < -0.4 is 0 Å². The summed E-state index contributed by atoms with van der Waals surface area (Å²) in [6, 6.07) is 0. The van der Waals surface area contributed by atoms with Crippen LogP contribution in [0, 0.1) is 6.61 Å². The van der Waals surface area contributed by atoms with E-state index in [1.54, 1.807) is 0 Å². The van der Waals surface area contributed by atoms with Crippen LogP contribution in [0.5, 0.6) is 0 Å². The van der Waals surface area contributed by atoms with Crippen molar-refractivity contribution in [2.45, 2.75) is 59.2 Å². The highest BCUT2D eigenvalue weighted by Gasteiger charge is 2.06. The summed E-state index contributed by atoms with van der Waals surface area (Å²) in [5.74, 6) is 0. The highest BCUT2D eigenvalue weighted by Crippen LogP contribution is 2.08. The Bertz CT molecular complexity index is 94.1. The van der Waals surface area contributed by atoms with Gasteiger partial charge >= 0.3 is 0 Å². The molecule has 13 heavy (non-hydrogen) atoms. The summed E-state index contributed by atoms with van der Waals surface area (Å²) >= 11 is 0. The van der Waals surface area contributed by atoms with Crippen LogP contribution in [0.1, 0.15) is 52.9 Å². The van der Waals surface area contributed by atoms with Crippen molar-refractivity contribution in [3.8, 4) is 0 Å². The van der Waals surface area contributed by atoms with Crippen LogP contribution >= 0.6 is 0 Å². The molecule has 79 valence electrons. The molecule has 0 aromatic rings. The van der Waals surface area contributed by atoms with E-state index in [9.17, 15) is 0 Å². The lowest BCUT2D eigenvalue weighted by Crippen LogP contribution is -2.16. The summed E-state index contributed by atoms with van der Waals surface area (Å²) in [7, 11) is 0. The van der Waals surface area contributed by atoms with Crippen molar-refractivity contribution in [3.05, 3.63) is 6.61 Å². The van der Waals surface area contributed by atoms with E-state index >= 15 is 0 Å². The van der Waals surface area contributed by atoms with E-state index in [-0.39, 0.29) is 6.29 Å². The van der Waals surface area contributed by atoms with E-state index in [2.05, 4.69) is 20.8 Å². The SMILES string of the molecule is CCC[CH]OC(CCC)OCCC. The molecule has 0 aliphatic carbocycles. The molecule has 1 atom stereocenters. The first-order valence-corrected chi connectivity index (χ1v) is 5.43. The highest BCUT2D eigenvalue weighted by molar-refractivity contribution is 4.52. The minimum atomic E-state index is -0.0171. The standard InChI is InChI=1S/C11H23O2/c1-4-7-10-13-11(8-5-2)12-9-6-3/h10-11H,4-9H2,1-3H3. The number of unbranched alkanes of at least 4 members (excludes halogenated alkanes) is 1. The van der Waals surface area contributed by atoms with Gasteiger partial charge < -0.3 is 9.47 Å². The molecule has 0 bridgehead atoms. The van der Waals surface area contributed by atoms with Gasteiger partial charge in [0.2, 0.25) is 0 Å². The van der Waals surface area contributed by atoms with Crippen molar-refractivity contribution in [3.63, 3.8) is 0 Å². The lowest BCUT2D eigenvalue weighted by molar-refractivity contribution is -0.126. The monoisotopic (exact) mass is 187 g/mol. The smallest absolute Gasteiger partial charge is 0.158 e. The molecule has 2 heteroatoms. The Morgan fingerprint density at radius 1 is 1.08 bits per heavy atom. The Hall–Kier alpha value is -0.0800. The van der Waals surface area contributed by atoms with Crippen LogP contribution in [0.2, 0.25) is 0 Å². The summed E-state index contributed by atoms with van der Waals surface area (Å²) in [5.41, 5.74) is 0. The predicted octanol–water partition coefficient (Wildman–Crippen LogP) is 3.52. The third kappa shape index (κ3) is 8.26. The molecule has 0 aliphatic rings. The Morgan fingerprint density at radius 3 is 2.38 bits per heavy atom. The zero-order valence-electron chi connectivity index (χ0n) is 9.21. The average molecular weight is 187 g/mol. The van der Waals surface area contributed by atoms with Gasteiger partial charge in [0.25, 0.3) is 0 Å². The minimum absolute atomic E-state index is 0.0171. The van der Waals surface area contributed by atoms with Crippen LogP contribution in [-0.4, -0.2) is 12.9 Å². The summed E-state index contributed by atoms with van der Waals surface area (Å²) < 4.78 is 11.0. The molecule has 2 nitrogen and oxygen atoms in total. The van der Waals surface area contributed by atoms with Gasteiger partial charge in [-0.1, -0.05) is 33.6 Å². The molecule has 0 N–H and O–H groups in total. The van der Waals surface area contributed by atoms with Gasteiger partial charge in [-0.25, -0.2) is 0 Å². The maximum Gasteiger partial charge on any atom is 0.158 e. The Balaban J connectivity index is 3.41. The third-order valence-corrected chi connectivity index (χ3v) is 1.69. The molecule has 0 aromatic heterocycles. The lowest BCUT2D eigenvalue weighted by atomic mass is 10.3. The maximum atomic E-state index is 5.52. The second kappa shape index (κ2) is 10.0. The van der Waals surface area contributed by atoms with Gasteiger partial charge in [0, 0.05) is 6.61 Å². The summed E-state index contributed by atoms with van der Waals surface area (Å²) in [6.07, 6.45) is 5.27. The Morgan fingerprint density at radius 2 is 1.85 bits per heavy atom. The van der Waals surface area contributed by atoms with Crippen molar-refractivity contribution in [1.82, 2.24) is 0 Å². The van der Waals surface area contributed by atoms with Crippen molar-refractivity contribution >= 4 is 0 Å². The van der Waals surface area contributed by atoms with Crippen molar-refractivity contribution in [2.24, 2.45) is 0 Å². The van der Waals surface area contributed by atoms with Gasteiger partial charge in [-0.3, -0.25) is 0 Å². The first kappa shape index (κ1) is 12.9. The number of hydrogen-bond donors (Lipinski definition) is 0. The molecule has 0 aliphatic heterocycles. The number of hydrogen-bond acceptors (Lipinski definition) is 2. The van der Waals surface area contributed by atoms with Gasteiger partial charge in [-0.2, -0.15) is 0 Å². The molecule has 1 radical (unpaired) electrons. The normalized spacial score (nSPS) is 13.2. The van der Waals surface area contributed by atoms with Crippen LogP contribution in [0.3, 0.4) is 0 Å². The molecule has 0 rings (SSSR count). The van der Waals surface area contributed by atoms with Crippen molar-refractivity contribution in [2.75, 3.05) is 6.61 Å². The van der Waals surface area contributed by atoms with E-state index in [1.807, 2.05) is 6.61 Å². The lowest BCUT2D eigenvalue weighted by Gasteiger charge is -2.16. The Labute approximate surface area is 82.6 Å². The summed E-state index contributed by atoms with van der Waals surface area (Å²) in [6.45, 7) is 9.06. The summed E-state index contributed by atoms with van der Waals surface area (Å²) in [4.78, 5) is 0. The van der Waals surface area contributed by atoms with Crippen molar-refractivity contribution < 1.29 is 9.47 Å². The van der Waals surface area contributed by atoms with Gasteiger partial charge in [-0.05, 0) is 19.3 Å². The molecule has 0 aromatic carbocycles. The third-order valence-electron chi connectivity index (χ3n) is 1.69. The molecule has 0 amide bonds. The molecule has 0 saturated carbocycles. The topological polar surface area (TPSA) is 18.5 Å². The quantitative estimate of drug-likeness (QED) is 0.406. The summed E-state index contributed by atoms with van der Waals surface area (Å²) in [5, 5.41) is 0. The fourth-order valence-electron chi connectivity index (χ4n) is 0.969. The fraction of sp³-hybridized carbons (Fsp3) is 0.909. The van der Waals surface area contributed by atoms with Gasteiger partial charge in [0.15, 0.2) is 6.29 Å². The molecule has 0 fully saturated rings. The van der Waals surface area contributed by atoms with Gasteiger partial charge in [-0.15, -0.1) is 0 Å². The largest absolute Gasteiger partial charge is 0.353 e. The van der Waals surface area contributed by atoms with Gasteiger partial charge in [0.1, 0.15) is 0 Å². The van der Waals surface area contributed by atoms with Crippen molar-refractivity contribution in [1.29, 1.82) is 0 Å². The minimum Gasteiger partial charge on any atom is -0.353 e. The van der Waals surface area contributed by atoms with E-state index < -0.39 is 0 Å². The van der Waals surface area contributed by atoms with E-state index in [0.717, 1.165) is 38.7 Å². The first-order chi connectivity index (χ1) is 6.35. The molecule has 0 saturated heterocycles. The van der Waals surface area contributed by atoms with Gasteiger partial charge in [0.05, 0.1) is 6.61 Å². The number of rotatable bonds is 9. The zero-order valence-corrected chi connectivity index (χ0v) is 9.21. The van der Waals surface area contributed by atoms with Crippen LogP contribution in [0.25, 0.3) is 0 Å². The molecular formula is C11H23O2. The van der Waals surface area contributed by atoms with Crippen LogP contribution in [-0.2, 0) is 9.47 Å². The predicted molar refractivity (Wildman–Crippen MR) is 55.2 cm³/mol. The molecule has 1 unspecified atom stereocenters. The average Bonchev–Trinajstić information content (AvgIpc) is 2.14. The maximum absolute atomic E-state index is 5.52.